The number of thiophene rings is 4. The van der Waals surface area contributed by atoms with Gasteiger partial charge in [-0.1, -0.05) is 134 Å². The zero-order valence-corrected chi connectivity index (χ0v) is 33.4. The Morgan fingerprint density at radius 1 is 0.396 bits per heavy atom. The number of rotatable bonds is 22. The summed E-state index contributed by atoms with van der Waals surface area (Å²) in [6.07, 6.45) is 24.4. The van der Waals surface area contributed by atoms with E-state index in [1.807, 2.05) is 45.3 Å². The van der Waals surface area contributed by atoms with Gasteiger partial charge in [0.2, 0.25) is 0 Å². The number of unbranched alkanes of at least 4 members (excludes halogenated alkanes) is 14. The van der Waals surface area contributed by atoms with Crippen molar-refractivity contribution < 1.29 is 0 Å². The number of aryl methyl sites for hydroxylation is 4. The lowest BCUT2D eigenvalue weighted by atomic mass is 10.0. The van der Waals surface area contributed by atoms with Crippen LogP contribution in [-0.4, -0.2) is 0 Å². The molecule has 1 aromatic carbocycles. The summed E-state index contributed by atoms with van der Waals surface area (Å²) in [6, 6.07) is 23.6. The summed E-state index contributed by atoms with van der Waals surface area (Å²) in [5, 5.41) is 0. The van der Waals surface area contributed by atoms with Gasteiger partial charge in [-0.05, 0) is 92.6 Å². The topological polar surface area (TPSA) is 0 Å². The Hall–Kier alpha value is -1.98. The van der Waals surface area contributed by atoms with Crippen LogP contribution in [0.25, 0.3) is 39.7 Å². The van der Waals surface area contributed by atoms with Crippen LogP contribution < -0.4 is 0 Å². The monoisotopic (exact) mass is 714 g/mol. The molecule has 0 saturated carbocycles. The molecule has 5 aromatic rings. The minimum absolute atomic E-state index is 1.18. The third-order valence-corrected chi connectivity index (χ3v) is 14.6. The van der Waals surface area contributed by atoms with E-state index in [4.69, 9.17) is 0 Å². The quantitative estimate of drug-likeness (QED) is 0.0626. The molecule has 4 aromatic heterocycles. The Morgan fingerprint density at radius 2 is 0.833 bits per heavy atom. The highest BCUT2D eigenvalue weighted by atomic mass is 32.1. The molecule has 0 saturated heterocycles. The third kappa shape index (κ3) is 11.0. The predicted molar refractivity (Wildman–Crippen MR) is 222 cm³/mol. The van der Waals surface area contributed by atoms with Crippen LogP contribution in [0.2, 0.25) is 0 Å². The maximum atomic E-state index is 2.50. The molecule has 0 fully saturated rings. The molecule has 0 radical (unpaired) electrons. The summed E-state index contributed by atoms with van der Waals surface area (Å²) in [7, 11) is 0. The summed E-state index contributed by atoms with van der Waals surface area (Å²) in [6.45, 7) is 9.06. The van der Waals surface area contributed by atoms with E-state index in [1.165, 1.54) is 166 Å². The van der Waals surface area contributed by atoms with Crippen molar-refractivity contribution in [3.8, 4) is 39.7 Å². The van der Waals surface area contributed by atoms with Crippen LogP contribution in [0.15, 0.2) is 60.7 Å². The zero-order chi connectivity index (χ0) is 33.6. The van der Waals surface area contributed by atoms with Crippen molar-refractivity contribution in [1.29, 1.82) is 0 Å². The van der Waals surface area contributed by atoms with Gasteiger partial charge in [0.15, 0.2) is 0 Å². The van der Waals surface area contributed by atoms with Crippen LogP contribution in [0, 0.1) is 13.8 Å². The maximum absolute atomic E-state index is 2.50. The second kappa shape index (κ2) is 20.0. The molecule has 4 heterocycles. The van der Waals surface area contributed by atoms with Crippen LogP contribution in [-0.2, 0) is 12.8 Å². The first-order valence-electron chi connectivity index (χ1n) is 19.1. The van der Waals surface area contributed by atoms with E-state index in [0.717, 1.165) is 0 Å². The normalized spacial score (nSPS) is 11.6. The summed E-state index contributed by atoms with van der Waals surface area (Å²) >= 11 is 7.96. The van der Waals surface area contributed by atoms with Crippen LogP contribution in [0.5, 0.6) is 0 Å². The smallest absolute Gasteiger partial charge is 0.0481 e. The first-order chi connectivity index (χ1) is 23.6. The van der Waals surface area contributed by atoms with Gasteiger partial charge in [-0.15, -0.1) is 45.3 Å². The molecular formula is C44H58S4. The van der Waals surface area contributed by atoms with E-state index in [1.54, 1.807) is 11.1 Å². The molecule has 0 spiro atoms. The average molecular weight is 715 g/mol. The number of benzene rings is 1. The molecule has 48 heavy (non-hydrogen) atoms. The van der Waals surface area contributed by atoms with Gasteiger partial charge in [-0.25, -0.2) is 0 Å². The Kier molecular flexibility index (Phi) is 15.5. The molecule has 0 N–H and O–H groups in total. The standard InChI is InChI=1S/C44H58S4/c1-5-7-9-11-13-15-17-19-21-36-31-34(4)45-43(36)40-29-27-38(46-40)39-28-30-41(47-39)44-37(22-20-18-16-14-12-10-8-6-2)32-42(48-44)35-25-23-33(3)24-26-35/h23-32H,5-22H2,1-4H3. The van der Waals surface area contributed by atoms with Gasteiger partial charge < -0.3 is 0 Å². The van der Waals surface area contributed by atoms with E-state index in [0.29, 0.717) is 0 Å². The van der Waals surface area contributed by atoms with Gasteiger partial charge in [0.1, 0.15) is 0 Å². The molecule has 0 unspecified atom stereocenters. The minimum Gasteiger partial charge on any atom is -0.139 e. The lowest BCUT2D eigenvalue weighted by molar-refractivity contribution is 0.576. The minimum atomic E-state index is 1.18. The van der Waals surface area contributed by atoms with Gasteiger partial charge in [-0.2, -0.15) is 0 Å². The first kappa shape index (κ1) is 37.3. The van der Waals surface area contributed by atoms with Crippen LogP contribution in [0.1, 0.15) is 138 Å². The third-order valence-electron chi connectivity index (χ3n) is 9.58. The molecule has 4 heteroatoms. The Bertz CT molecular complexity index is 1620. The Labute approximate surface area is 308 Å². The fourth-order valence-corrected chi connectivity index (χ4v) is 11.4. The Morgan fingerprint density at radius 3 is 1.35 bits per heavy atom. The molecule has 0 bridgehead atoms. The van der Waals surface area contributed by atoms with Crippen LogP contribution in [0.4, 0.5) is 0 Å². The van der Waals surface area contributed by atoms with Crippen molar-refractivity contribution in [3.05, 3.63) is 82.2 Å². The maximum Gasteiger partial charge on any atom is 0.0481 e. The molecule has 0 aliphatic carbocycles. The van der Waals surface area contributed by atoms with Gasteiger partial charge in [-0.3, -0.25) is 0 Å². The second-order valence-electron chi connectivity index (χ2n) is 13.8. The Balaban J connectivity index is 1.25. The lowest BCUT2D eigenvalue weighted by Crippen LogP contribution is -1.86. The van der Waals surface area contributed by atoms with E-state index < -0.39 is 0 Å². The van der Waals surface area contributed by atoms with E-state index >= 15 is 0 Å². The molecule has 0 atom stereocenters. The molecule has 0 nitrogen and oxygen atoms in total. The van der Waals surface area contributed by atoms with Crippen molar-refractivity contribution in [2.24, 2.45) is 0 Å². The van der Waals surface area contributed by atoms with Crippen molar-refractivity contribution in [1.82, 2.24) is 0 Å². The van der Waals surface area contributed by atoms with Gasteiger partial charge in [0.05, 0.1) is 0 Å². The number of hydrogen-bond donors (Lipinski definition) is 0. The molecular weight excluding hydrogens is 657 g/mol. The highest BCUT2D eigenvalue weighted by Crippen LogP contribution is 2.46. The first-order valence-corrected chi connectivity index (χ1v) is 22.3. The van der Waals surface area contributed by atoms with Gasteiger partial charge in [0, 0.05) is 39.0 Å². The molecule has 258 valence electrons. The second-order valence-corrected chi connectivity index (χ2v) is 18.3. The largest absolute Gasteiger partial charge is 0.139 e. The fraction of sp³-hybridized carbons (Fsp3) is 0.500. The fourth-order valence-electron chi connectivity index (χ4n) is 6.73. The van der Waals surface area contributed by atoms with Crippen LogP contribution >= 0.6 is 45.3 Å². The zero-order valence-electron chi connectivity index (χ0n) is 30.1. The van der Waals surface area contributed by atoms with Gasteiger partial charge in [0.25, 0.3) is 0 Å². The highest BCUT2D eigenvalue weighted by Gasteiger charge is 2.17. The summed E-state index contributed by atoms with van der Waals surface area (Å²) in [5.41, 5.74) is 5.78. The molecule has 0 amide bonds. The van der Waals surface area contributed by atoms with Crippen LogP contribution in [0.3, 0.4) is 0 Å². The average Bonchev–Trinajstić information content (AvgIpc) is 3.90. The predicted octanol–water partition coefficient (Wildman–Crippen LogP) is 16.6. The summed E-state index contributed by atoms with van der Waals surface area (Å²) < 4.78 is 0. The van der Waals surface area contributed by atoms with Crippen molar-refractivity contribution in [2.45, 2.75) is 143 Å². The SMILES string of the molecule is CCCCCCCCCCc1cc(C)sc1-c1ccc(-c2ccc(-c3sc(-c4ccc(C)cc4)cc3CCCCCCCCCC)s2)s1. The summed E-state index contributed by atoms with van der Waals surface area (Å²) in [4.78, 5) is 11.5. The van der Waals surface area contributed by atoms with E-state index in [-0.39, 0.29) is 0 Å². The van der Waals surface area contributed by atoms with Crippen molar-refractivity contribution in [2.75, 3.05) is 0 Å². The van der Waals surface area contributed by atoms with Crippen molar-refractivity contribution in [3.63, 3.8) is 0 Å². The summed E-state index contributed by atoms with van der Waals surface area (Å²) in [5.74, 6) is 0. The van der Waals surface area contributed by atoms with Gasteiger partial charge >= 0.3 is 0 Å². The van der Waals surface area contributed by atoms with Crippen molar-refractivity contribution >= 4 is 45.3 Å². The highest BCUT2D eigenvalue weighted by molar-refractivity contribution is 7.29. The number of hydrogen-bond acceptors (Lipinski definition) is 4. The molecule has 5 rings (SSSR count). The molecule has 0 aliphatic rings. The van der Waals surface area contributed by atoms with E-state index in [9.17, 15) is 0 Å². The lowest BCUT2D eigenvalue weighted by Gasteiger charge is -2.04. The van der Waals surface area contributed by atoms with E-state index in [2.05, 4.69) is 88.4 Å². The molecule has 0 aliphatic heterocycles.